The molecule has 1 aliphatic carbocycles. The molecule has 0 spiro atoms. The van der Waals surface area contributed by atoms with E-state index in [4.69, 9.17) is 4.42 Å². The van der Waals surface area contributed by atoms with E-state index in [2.05, 4.69) is 10.3 Å². The molecule has 3 heterocycles. The van der Waals surface area contributed by atoms with Gasteiger partial charge in [0.25, 0.3) is 5.56 Å². The molecule has 0 radical (unpaired) electrons. The van der Waals surface area contributed by atoms with Crippen LogP contribution in [0.15, 0.2) is 56.9 Å². The van der Waals surface area contributed by atoms with E-state index in [0.29, 0.717) is 30.2 Å². The fourth-order valence-electron chi connectivity index (χ4n) is 4.77. The number of aromatic nitrogens is 4. The Hall–Kier alpha value is -3.88. The summed E-state index contributed by atoms with van der Waals surface area (Å²) >= 11 is 0. The molecule has 0 aliphatic heterocycles. The average Bonchev–Trinajstić information content (AvgIpc) is 3.60. The molecule has 4 aromatic rings. The van der Waals surface area contributed by atoms with Gasteiger partial charge in [-0.1, -0.05) is 19.4 Å². The predicted octanol–water partition coefficient (Wildman–Crippen LogP) is 3.49. The van der Waals surface area contributed by atoms with Crippen LogP contribution in [0.3, 0.4) is 0 Å². The van der Waals surface area contributed by atoms with E-state index in [1.54, 1.807) is 23.8 Å². The van der Waals surface area contributed by atoms with Gasteiger partial charge < -0.3 is 14.3 Å². The zero-order chi connectivity index (χ0) is 24.5. The molecule has 5 rings (SSSR count). The van der Waals surface area contributed by atoms with Crippen molar-refractivity contribution in [2.75, 3.05) is 5.32 Å². The van der Waals surface area contributed by atoms with E-state index in [1.165, 1.54) is 22.0 Å². The van der Waals surface area contributed by atoms with E-state index < -0.39 is 23.2 Å². The topological polar surface area (TPSA) is 104 Å². The number of furan rings is 1. The van der Waals surface area contributed by atoms with Crippen molar-refractivity contribution in [1.29, 1.82) is 0 Å². The monoisotopic (exact) mass is 475 g/mol. The van der Waals surface area contributed by atoms with Crippen molar-refractivity contribution < 1.29 is 9.21 Å². The number of aryl methyl sites for hydroxylation is 3. The lowest BCUT2D eigenvalue weighted by Crippen LogP contribution is -2.45. The normalized spacial score (nSPS) is 13.8. The van der Waals surface area contributed by atoms with Crippen LogP contribution in [-0.2, 0) is 30.7 Å². The maximum atomic E-state index is 13.6. The first-order valence-corrected chi connectivity index (χ1v) is 12.1. The number of amides is 1. The molecule has 1 aliphatic rings. The van der Waals surface area contributed by atoms with Crippen LogP contribution in [0.5, 0.6) is 0 Å². The quantitative estimate of drug-likeness (QED) is 0.420. The lowest BCUT2D eigenvalue weighted by atomic mass is 10.1. The van der Waals surface area contributed by atoms with E-state index >= 15 is 0 Å². The van der Waals surface area contributed by atoms with Gasteiger partial charge in [-0.15, -0.1) is 0 Å². The number of carbonyl (C=O) groups excluding carboxylic acids is 1. The molecule has 1 amide bonds. The van der Waals surface area contributed by atoms with Crippen molar-refractivity contribution in [3.63, 3.8) is 0 Å². The SMILES string of the molecule is CCCCn1c(=O)n(C(C)C(=O)Nc2ccc3c(c2)CCC3)c(=O)c2c1ncn2Cc1ccco1. The highest BCUT2D eigenvalue weighted by atomic mass is 16.3. The maximum absolute atomic E-state index is 13.6. The number of carbonyl (C=O) groups is 1. The maximum Gasteiger partial charge on any atom is 0.333 e. The third-order valence-electron chi connectivity index (χ3n) is 6.71. The molecular weight excluding hydrogens is 446 g/mol. The Labute approximate surface area is 202 Å². The minimum Gasteiger partial charge on any atom is -0.467 e. The summed E-state index contributed by atoms with van der Waals surface area (Å²) in [4.78, 5) is 44.7. The number of hydrogen-bond acceptors (Lipinski definition) is 5. The summed E-state index contributed by atoms with van der Waals surface area (Å²) in [5.41, 5.74) is 2.73. The number of nitrogens with zero attached hydrogens (tertiary/aromatic N) is 4. The first-order chi connectivity index (χ1) is 17.0. The van der Waals surface area contributed by atoms with Gasteiger partial charge in [0.2, 0.25) is 5.91 Å². The molecule has 0 fully saturated rings. The molecule has 1 atom stereocenters. The smallest absolute Gasteiger partial charge is 0.333 e. The second kappa shape index (κ2) is 9.40. The Balaban J connectivity index is 1.55. The van der Waals surface area contributed by atoms with Gasteiger partial charge in [-0.05, 0) is 68.0 Å². The van der Waals surface area contributed by atoms with E-state index in [9.17, 15) is 14.4 Å². The first kappa shape index (κ1) is 22.9. The van der Waals surface area contributed by atoms with Gasteiger partial charge in [0.1, 0.15) is 11.8 Å². The minimum absolute atomic E-state index is 0.272. The number of rotatable bonds is 8. The fourth-order valence-corrected chi connectivity index (χ4v) is 4.77. The second-order valence-electron chi connectivity index (χ2n) is 9.09. The first-order valence-electron chi connectivity index (χ1n) is 12.1. The van der Waals surface area contributed by atoms with Gasteiger partial charge in [-0.3, -0.25) is 14.2 Å². The average molecular weight is 476 g/mol. The van der Waals surface area contributed by atoms with Crippen molar-refractivity contribution >= 4 is 22.8 Å². The van der Waals surface area contributed by atoms with Crippen molar-refractivity contribution in [3.8, 4) is 0 Å². The van der Waals surface area contributed by atoms with Crippen LogP contribution in [0.1, 0.15) is 56.0 Å². The molecule has 1 N–H and O–H groups in total. The minimum atomic E-state index is -1.01. The summed E-state index contributed by atoms with van der Waals surface area (Å²) in [6.07, 6.45) is 7.88. The molecule has 182 valence electrons. The van der Waals surface area contributed by atoms with Gasteiger partial charge in [0.15, 0.2) is 11.2 Å². The van der Waals surface area contributed by atoms with Crippen LogP contribution >= 0.6 is 0 Å². The number of anilines is 1. The summed E-state index contributed by atoms with van der Waals surface area (Å²) in [5.74, 6) is 0.240. The number of imidazole rings is 1. The van der Waals surface area contributed by atoms with Gasteiger partial charge in [0.05, 0.1) is 19.1 Å². The van der Waals surface area contributed by atoms with Crippen LogP contribution < -0.4 is 16.6 Å². The highest BCUT2D eigenvalue weighted by Crippen LogP contribution is 2.25. The Bertz CT molecular complexity index is 1490. The molecule has 1 unspecified atom stereocenters. The van der Waals surface area contributed by atoms with Gasteiger partial charge in [-0.2, -0.15) is 0 Å². The Morgan fingerprint density at radius 1 is 1.20 bits per heavy atom. The third-order valence-corrected chi connectivity index (χ3v) is 6.71. The number of nitrogens with one attached hydrogen (secondary N) is 1. The van der Waals surface area contributed by atoms with Crippen molar-refractivity contribution in [2.24, 2.45) is 0 Å². The molecule has 3 aromatic heterocycles. The van der Waals surface area contributed by atoms with Gasteiger partial charge >= 0.3 is 5.69 Å². The standard InChI is InChI=1S/C26H29N5O4/c1-3-4-12-30-23-22(29(16-27-23)15-21-9-6-13-35-21)25(33)31(26(30)34)17(2)24(32)28-20-11-10-18-7-5-8-19(18)14-20/h6,9-11,13-14,16-17H,3-5,7-8,12,15H2,1-2H3,(H,28,32). The van der Waals surface area contributed by atoms with Crippen LogP contribution in [-0.4, -0.2) is 24.6 Å². The number of unbranched alkanes of at least 4 members (excludes halogenated alkanes) is 1. The molecule has 9 nitrogen and oxygen atoms in total. The molecule has 35 heavy (non-hydrogen) atoms. The van der Waals surface area contributed by atoms with E-state index in [1.807, 2.05) is 31.2 Å². The predicted molar refractivity (Wildman–Crippen MR) is 133 cm³/mol. The lowest BCUT2D eigenvalue weighted by molar-refractivity contribution is -0.119. The molecule has 9 heteroatoms. The summed E-state index contributed by atoms with van der Waals surface area (Å²) < 4.78 is 9.65. The van der Waals surface area contributed by atoms with Crippen LogP contribution in [0.2, 0.25) is 0 Å². The van der Waals surface area contributed by atoms with Crippen LogP contribution in [0.25, 0.3) is 11.2 Å². The Kier molecular flexibility index (Phi) is 6.15. The summed E-state index contributed by atoms with van der Waals surface area (Å²) in [7, 11) is 0. The summed E-state index contributed by atoms with van der Waals surface area (Å²) in [5, 5.41) is 2.90. The number of fused-ring (bicyclic) bond motifs is 2. The fraction of sp³-hybridized carbons (Fsp3) is 0.385. The van der Waals surface area contributed by atoms with Crippen molar-refractivity contribution in [1.82, 2.24) is 18.7 Å². The highest BCUT2D eigenvalue weighted by molar-refractivity contribution is 5.93. The molecule has 0 bridgehead atoms. The van der Waals surface area contributed by atoms with Crippen molar-refractivity contribution in [2.45, 2.75) is 65.1 Å². The van der Waals surface area contributed by atoms with E-state index in [-0.39, 0.29) is 5.52 Å². The van der Waals surface area contributed by atoms with Crippen molar-refractivity contribution in [3.05, 3.63) is 80.6 Å². The molecule has 0 saturated carbocycles. The summed E-state index contributed by atoms with van der Waals surface area (Å²) in [6.45, 7) is 4.30. The zero-order valence-electron chi connectivity index (χ0n) is 20.0. The third kappa shape index (κ3) is 4.22. The van der Waals surface area contributed by atoms with Gasteiger partial charge in [-0.25, -0.2) is 14.3 Å². The second-order valence-corrected chi connectivity index (χ2v) is 9.09. The van der Waals surface area contributed by atoms with E-state index in [0.717, 1.165) is 36.7 Å². The largest absolute Gasteiger partial charge is 0.467 e. The van der Waals surface area contributed by atoms with Crippen LogP contribution in [0, 0.1) is 0 Å². The Morgan fingerprint density at radius 2 is 2.03 bits per heavy atom. The van der Waals surface area contributed by atoms with Gasteiger partial charge in [0, 0.05) is 12.2 Å². The molecule has 0 saturated heterocycles. The Morgan fingerprint density at radius 3 is 2.80 bits per heavy atom. The number of benzene rings is 1. The van der Waals surface area contributed by atoms with Crippen LogP contribution in [0.4, 0.5) is 5.69 Å². The molecule has 1 aromatic carbocycles. The number of hydrogen-bond donors (Lipinski definition) is 1. The highest BCUT2D eigenvalue weighted by Gasteiger charge is 2.25. The molecular formula is C26H29N5O4. The lowest BCUT2D eigenvalue weighted by Gasteiger charge is -2.18. The summed E-state index contributed by atoms with van der Waals surface area (Å²) in [6, 6.07) is 8.47. The zero-order valence-corrected chi connectivity index (χ0v) is 20.0.